The second-order valence-corrected chi connectivity index (χ2v) is 2.15. The smallest absolute Gasteiger partial charge is 0.126 e. The number of rotatable bonds is 0. The van der Waals surface area contributed by atoms with Gasteiger partial charge in [-0.25, -0.2) is 9.98 Å². The Morgan fingerprint density at radius 2 is 2.50 bits per heavy atom. The summed E-state index contributed by atoms with van der Waals surface area (Å²) < 4.78 is 0. The largest absolute Gasteiger partial charge is 0.348 e. The third-order valence-corrected chi connectivity index (χ3v) is 1.44. The van der Waals surface area contributed by atoms with E-state index in [2.05, 4.69) is 15.0 Å². The van der Waals surface area contributed by atoms with Gasteiger partial charge in [-0.2, -0.15) is 0 Å². The normalized spacial score (nSPS) is 15.4. The van der Waals surface area contributed by atoms with Crippen LogP contribution in [0.25, 0.3) is 0 Å². The molecule has 10 heavy (non-hydrogen) atoms. The van der Waals surface area contributed by atoms with E-state index in [0.717, 1.165) is 11.4 Å². The van der Waals surface area contributed by atoms with E-state index < -0.39 is 0 Å². The second kappa shape index (κ2) is 1.76. The van der Waals surface area contributed by atoms with Crippen molar-refractivity contribution in [3.63, 3.8) is 0 Å². The van der Waals surface area contributed by atoms with Crippen molar-refractivity contribution in [3.8, 4) is 0 Å². The van der Waals surface area contributed by atoms with E-state index in [4.69, 9.17) is 5.41 Å². The highest BCUT2D eigenvalue weighted by molar-refractivity contribution is 5.97. The molecule has 4 heteroatoms. The lowest BCUT2D eigenvalue weighted by atomic mass is 10.2. The Balaban J connectivity index is 2.52. The average molecular weight is 134 g/mol. The first-order valence-electron chi connectivity index (χ1n) is 3.00. The minimum absolute atomic E-state index is 0.386. The van der Waals surface area contributed by atoms with Crippen molar-refractivity contribution >= 4 is 12.1 Å². The van der Waals surface area contributed by atoms with Crippen molar-refractivity contribution in [2.75, 3.05) is 0 Å². The first kappa shape index (κ1) is 5.34. The molecule has 2 heterocycles. The fraction of sp³-hybridized carbons (Fsp3) is 0.167. The zero-order valence-corrected chi connectivity index (χ0v) is 5.26. The summed E-state index contributed by atoms with van der Waals surface area (Å²) in [4.78, 5) is 10.8. The Labute approximate surface area is 57.5 Å². The predicted octanol–water partition coefficient (Wildman–Crippen LogP) is 0.362. The van der Waals surface area contributed by atoms with Crippen LogP contribution in [0.1, 0.15) is 11.4 Å². The van der Waals surface area contributed by atoms with E-state index in [1.807, 2.05) is 0 Å². The van der Waals surface area contributed by atoms with Gasteiger partial charge >= 0.3 is 0 Å². The lowest BCUT2D eigenvalue weighted by Gasteiger charge is -2.01. The summed E-state index contributed by atoms with van der Waals surface area (Å²) in [5.41, 5.74) is 1.84. The third kappa shape index (κ3) is 0.655. The molecule has 0 aromatic carbocycles. The van der Waals surface area contributed by atoms with Gasteiger partial charge in [-0.1, -0.05) is 0 Å². The minimum atomic E-state index is 0.386. The molecule has 0 fully saturated rings. The number of aliphatic imine (C=N–C) groups is 1. The Morgan fingerprint density at radius 1 is 1.60 bits per heavy atom. The van der Waals surface area contributed by atoms with Gasteiger partial charge in [0.1, 0.15) is 11.5 Å². The van der Waals surface area contributed by atoms with Crippen molar-refractivity contribution in [2.24, 2.45) is 4.99 Å². The van der Waals surface area contributed by atoms with Crippen LogP contribution in [0.3, 0.4) is 0 Å². The van der Waals surface area contributed by atoms with Gasteiger partial charge in [0.25, 0.3) is 0 Å². The van der Waals surface area contributed by atoms with Crippen LogP contribution in [0, 0.1) is 5.41 Å². The maximum atomic E-state index is 7.21. The standard InChI is InChI=1S/C6H6N4/c7-6-1-4-5(2-8-6)10-3-9-4/h2-3,7H,1H2,(H,9,10). The van der Waals surface area contributed by atoms with Crippen molar-refractivity contribution < 1.29 is 0 Å². The van der Waals surface area contributed by atoms with Gasteiger partial charge in [0.05, 0.1) is 18.2 Å². The van der Waals surface area contributed by atoms with E-state index in [1.54, 1.807) is 12.5 Å². The molecule has 1 aliphatic rings. The minimum Gasteiger partial charge on any atom is -0.348 e. The molecule has 0 amide bonds. The molecule has 0 radical (unpaired) electrons. The molecule has 0 saturated heterocycles. The highest BCUT2D eigenvalue weighted by Gasteiger charge is 2.09. The van der Waals surface area contributed by atoms with Crippen LogP contribution in [0.5, 0.6) is 0 Å². The number of nitrogens with zero attached hydrogens (tertiary/aromatic N) is 2. The first-order chi connectivity index (χ1) is 4.86. The third-order valence-electron chi connectivity index (χ3n) is 1.44. The van der Waals surface area contributed by atoms with Crippen molar-refractivity contribution in [1.29, 1.82) is 5.41 Å². The zero-order valence-electron chi connectivity index (χ0n) is 5.26. The zero-order chi connectivity index (χ0) is 6.97. The Morgan fingerprint density at radius 3 is 3.40 bits per heavy atom. The number of hydrogen-bond donors (Lipinski definition) is 2. The van der Waals surface area contributed by atoms with Gasteiger partial charge in [0, 0.05) is 6.42 Å². The number of imidazole rings is 1. The molecule has 2 rings (SSSR count). The Kier molecular flexibility index (Phi) is 0.943. The predicted molar refractivity (Wildman–Crippen MR) is 37.6 cm³/mol. The molecule has 50 valence electrons. The van der Waals surface area contributed by atoms with Gasteiger partial charge in [0.15, 0.2) is 0 Å². The highest BCUT2D eigenvalue weighted by atomic mass is 14.9. The fourth-order valence-corrected chi connectivity index (χ4v) is 0.937. The van der Waals surface area contributed by atoms with E-state index in [9.17, 15) is 0 Å². The molecule has 2 N–H and O–H groups in total. The summed E-state index contributed by atoms with van der Waals surface area (Å²) in [7, 11) is 0. The maximum Gasteiger partial charge on any atom is 0.126 e. The van der Waals surface area contributed by atoms with Crippen LogP contribution < -0.4 is 0 Å². The van der Waals surface area contributed by atoms with E-state index in [1.165, 1.54) is 0 Å². The summed E-state index contributed by atoms with van der Waals surface area (Å²) in [5.74, 6) is 0.386. The quantitative estimate of drug-likeness (QED) is 0.528. The van der Waals surface area contributed by atoms with E-state index in [0.29, 0.717) is 12.3 Å². The van der Waals surface area contributed by atoms with E-state index in [-0.39, 0.29) is 0 Å². The van der Waals surface area contributed by atoms with Crippen LogP contribution in [-0.2, 0) is 6.42 Å². The SMILES string of the molecule is N=C1Cc2[nH]cnc2C=N1. The van der Waals surface area contributed by atoms with Crippen LogP contribution in [0.2, 0.25) is 0 Å². The molecular weight excluding hydrogens is 128 g/mol. The number of hydrogen-bond acceptors (Lipinski definition) is 2. The molecule has 0 bridgehead atoms. The highest BCUT2D eigenvalue weighted by Crippen LogP contribution is 2.06. The summed E-state index contributed by atoms with van der Waals surface area (Å²) in [6.45, 7) is 0. The molecule has 1 aromatic heterocycles. The number of amidine groups is 1. The number of aromatic nitrogens is 2. The van der Waals surface area contributed by atoms with Crippen molar-refractivity contribution in [2.45, 2.75) is 6.42 Å². The molecule has 1 aromatic rings. The number of nitrogens with one attached hydrogen (secondary N) is 2. The number of H-pyrrole nitrogens is 1. The lowest BCUT2D eigenvalue weighted by Crippen LogP contribution is -2.07. The van der Waals surface area contributed by atoms with Crippen LogP contribution >= 0.6 is 0 Å². The molecule has 0 unspecified atom stereocenters. The molecule has 0 saturated carbocycles. The molecular formula is C6H6N4. The first-order valence-corrected chi connectivity index (χ1v) is 3.00. The van der Waals surface area contributed by atoms with Gasteiger partial charge in [-0.3, -0.25) is 5.41 Å². The van der Waals surface area contributed by atoms with Crippen LogP contribution in [0.4, 0.5) is 0 Å². The monoisotopic (exact) mass is 134 g/mol. The molecule has 0 atom stereocenters. The van der Waals surface area contributed by atoms with Crippen LogP contribution in [0.15, 0.2) is 11.3 Å². The summed E-state index contributed by atoms with van der Waals surface area (Å²) in [6.07, 6.45) is 3.80. The fourth-order valence-electron chi connectivity index (χ4n) is 0.937. The maximum absolute atomic E-state index is 7.21. The van der Waals surface area contributed by atoms with Crippen LogP contribution in [-0.4, -0.2) is 22.0 Å². The van der Waals surface area contributed by atoms with Gasteiger partial charge in [-0.15, -0.1) is 0 Å². The molecule has 4 nitrogen and oxygen atoms in total. The average Bonchev–Trinajstić information content (AvgIpc) is 2.33. The molecule has 1 aliphatic heterocycles. The topological polar surface area (TPSA) is 64.9 Å². The number of fused-ring (bicyclic) bond motifs is 1. The van der Waals surface area contributed by atoms with Gasteiger partial charge in [-0.05, 0) is 0 Å². The molecule has 0 spiro atoms. The summed E-state index contributed by atoms with van der Waals surface area (Å²) in [5, 5.41) is 7.21. The van der Waals surface area contributed by atoms with Gasteiger partial charge in [0.2, 0.25) is 0 Å². The van der Waals surface area contributed by atoms with Gasteiger partial charge < -0.3 is 4.98 Å². The van der Waals surface area contributed by atoms with Crippen molar-refractivity contribution in [3.05, 3.63) is 17.7 Å². The Bertz CT molecular complexity index is 296. The Hall–Kier alpha value is -1.45. The molecule has 0 aliphatic carbocycles. The number of aromatic amines is 1. The van der Waals surface area contributed by atoms with E-state index >= 15 is 0 Å². The second-order valence-electron chi connectivity index (χ2n) is 2.15. The summed E-state index contributed by atoms with van der Waals surface area (Å²) >= 11 is 0. The lowest BCUT2D eigenvalue weighted by molar-refractivity contribution is 1.14. The van der Waals surface area contributed by atoms with Crippen molar-refractivity contribution in [1.82, 2.24) is 9.97 Å². The summed E-state index contributed by atoms with van der Waals surface area (Å²) in [6, 6.07) is 0.